The number of nitrogens with zero attached hydrogens (tertiary/aromatic N) is 2. The van der Waals surface area contributed by atoms with Gasteiger partial charge < -0.3 is 4.90 Å². The molecule has 0 unspecified atom stereocenters. The molecule has 0 aromatic carbocycles. The van der Waals surface area contributed by atoms with Crippen LogP contribution in [0, 0.1) is 0 Å². The quantitative estimate of drug-likeness (QED) is 0.414. The Bertz CT molecular complexity index is 462. The second kappa shape index (κ2) is 3.82. The predicted octanol–water partition coefficient (Wildman–Crippen LogP) is -1.44. The lowest BCUT2D eigenvalue weighted by molar-refractivity contribution is -0.124. The molecule has 2 fully saturated rings. The molecule has 17 heavy (non-hydrogen) atoms. The number of hydrogen-bond acceptors (Lipinski definition) is 5. The van der Waals surface area contributed by atoms with Gasteiger partial charge in [-0.3, -0.25) is 14.6 Å². The Labute approximate surface area is 96.8 Å². The molecule has 2 heterocycles. The second-order valence-electron chi connectivity index (χ2n) is 3.97. The number of rotatable bonds is 2. The lowest BCUT2D eigenvalue weighted by Gasteiger charge is -2.28. The Morgan fingerprint density at radius 2 is 2.06 bits per heavy atom. The van der Waals surface area contributed by atoms with Gasteiger partial charge in [0.25, 0.3) is 5.91 Å². The number of piperidine rings is 1. The summed E-state index contributed by atoms with van der Waals surface area (Å²) in [6.07, 6.45) is 0.622. The standard InChI is InChI=1S/C7H11N3O6S/c11-6(8-17(14,15)16)5-2-1-4-3-9(5)7(12)10(4)13/h4-5,13H,1-3H2,(H,8,11)(H,14,15,16)/t4-,5+/m1/s1. The van der Waals surface area contributed by atoms with E-state index in [0.717, 1.165) is 4.90 Å². The van der Waals surface area contributed by atoms with Gasteiger partial charge in [0.2, 0.25) is 0 Å². The predicted molar refractivity (Wildman–Crippen MR) is 52.2 cm³/mol. The average molecular weight is 265 g/mol. The van der Waals surface area contributed by atoms with Crippen LogP contribution < -0.4 is 4.72 Å². The Hall–Kier alpha value is -1.39. The zero-order valence-corrected chi connectivity index (χ0v) is 9.42. The van der Waals surface area contributed by atoms with Gasteiger partial charge in [0.05, 0.1) is 6.04 Å². The van der Waals surface area contributed by atoms with Crippen LogP contribution in [0.5, 0.6) is 0 Å². The number of urea groups is 1. The fourth-order valence-electron chi connectivity index (χ4n) is 2.12. The Morgan fingerprint density at radius 3 is 2.65 bits per heavy atom. The van der Waals surface area contributed by atoms with E-state index in [1.54, 1.807) is 0 Å². The van der Waals surface area contributed by atoms with E-state index in [1.807, 2.05) is 0 Å². The molecule has 0 radical (unpaired) electrons. The van der Waals surface area contributed by atoms with Gasteiger partial charge >= 0.3 is 16.3 Å². The zero-order valence-electron chi connectivity index (χ0n) is 8.61. The van der Waals surface area contributed by atoms with Crippen LogP contribution in [0.25, 0.3) is 0 Å². The molecular formula is C7H11N3O6S. The maximum atomic E-state index is 11.5. The van der Waals surface area contributed by atoms with Gasteiger partial charge in [-0.1, -0.05) is 0 Å². The number of hydroxylamine groups is 2. The molecule has 0 saturated carbocycles. The third-order valence-electron chi connectivity index (χ3n) is 2.88. The first-order valence-electron chi connectivity index (χ1n) is 4.87. The third kappa shape index (κ3) is 2.18. The first-order chi connectivity index (χ1) is 7.79. The highest BCUT2D eigenvalue weighted by Gasteiger charge is 2.47. The molecule has 0 spiro atoms. The summed E-state index contributed by atoms with van der Waals surface area (Å²) in [6.45, 7) is 0.166. The van der Waals surface area contributed by atoms with Crippen molar-refractivity contribution >= 4 is 22.2 Å². The number of amides is 3. The second-order valence-corrected chi connectivity index (χ2v) is 5.12. The summed E-state index contributed by atoms with van der Waals surface area (Å²) in [5.41, 5.74) is 0. The molecule has 2 bridgehead atoms. The van der Waals surface area contributed by atoms with Gasteiger partial charge in [-0.25, -0.2) is 14.6 Å². The normalized spacial score (nSPS) is 28.5. The molecule has 2 rings (SSSR count). The Balaban J connectivity index is 2.13. The summed E-state index contributed by atoms with van der Waals surface area (Å²) < 4.78 is 30.9. The number of carbonyl (C=O) groups is 2. The van der Waals surface area contributed by atoms with Gasteiger partial charge in [-0.05, 0) is 12.8 Å². The highest BCUT2D eigenvalue weighted by molar-refractivity contribution is 7.84. The van der Waals surface area contributed by atoms with E-state index in [0.29, 0.717) is 11.5 Å². The molecule has 9 nitrogen and oxygen atoms in total. The van der Waals surface area contributed by atoms with Crippen LogP contribution in [-0.2, 0) is 15.1 Å². The Morgan fingerprint density at radius 1 is 1.41 bits per heavy atom. The third-order valence-corrected chi connectivity index (χ3v) is 3.34. The van der Waals surface area contributed by atoms with Crippen molar-refractivity contribution in [2.24, 2.45) is 0 Å². The van der Waals surface area contributed by atoms with Gasteiger partial charge in [0.1, 0.15) is 6.04 Å². The molecule has 2 aliphatic heterocycles. The highest BCUT2D eigenvalue weighted by Crippen LogP contribution is 2.28. The molecule has 96 valence electrons. The lowest BCUT2D eigenvalue weighted by atomic mass is 10.0. The minimum atomic E-state index is -4.64. The SMILES string of the molecule is O=C(NS(=O)(=O)O)[C@@H]1CC[C@@H]2CN1C(=O)N2O. The van der Waals surface area contributed by atoms with E-state index in [-0.39, 0.29) is 19.0 Å². The molecule has 0 aromatic heterocycles. The van der Waals surface area contributed by atoms with Crippen molar-refractivity contribution in [2.75, 3.05) is 6.54 Å². The van der Waals surface area contributed by atoms with Crippen LogP contribution in [0.15, 0.2) is 0 Å². The number of hydrogen-bond donors (Lipinski definition) is 3. The zero-order chi connectivity index (χ0) is 12.8. The molecule has 0 aromatic rings. The summed E-state index contributed by atoms with van der Waals surface area (Å²) >= 11 is 0. The minimum Gasteiger partial charge on any atom is -0.309 e. The maximum absolute atomic E-state index is 11.5. The molecule has 3 N–H and O–H groups in total. The van der Waals surface area contributed by atoms with Gasteiger partial charge in [0, 0.05) is 6.54 Å². The maximum Gasteiger partial charge on any atom is 0.359 e. The van der Waals surface area contributed by atoms with Gasteiger partial charge in [-0.15, -0.1) is 0 Å². The largest absolute Gasteiger partial charge is 0.359 e. The van der Waals surface area contributed by atoms with Crippen molar-refractivity contribution in [3.05, 3.63) is 0 Å². The van der Waals surface area contributed by atoms with E-state index in [1.165, 1.54) is 4.72 Å². The topological polar surface area (TPSA) is 127 Å². The number of nitrogens with one attached hydrogen (secondary N) is 1. The Kier molecular flexibility index (Phi) is 2.72. The highest BCUT2D eigenvalue weighted by atomic mass is 32.2. The van der Waals surface area contributed by atoms with Crippen LogP contribution in [0.1, 0.15) is 12.8 Å². The molecule has 2 aliphatic rings. The van der Waals surface area contributed by atoms with E-state index in [4.69, 9.17) is 4.55 Å². The summed E-state index contributed by atoms with van der Waals surface area (Å²) in [5.74, 6) is -0.977. The molecule has 10 heteroatoms. The van der Waals surface area contributed by atoms with Crippen LogP contribution in [-0.4, -0.2) is 58.7 Å². The van der Waals surface area contributed by atoms with Gasteiger partial charge in [-0.2, -0.15) is 8.42 Å². The van der Waals surface area contributed by atoms with Crippen molar-refractivity contribution < 1.29 is 27.8 Å². The molecular weight excluding hydrogens is 254 g/mol. The van der Waals surface area contributed by atoms with Gasteiger partial charge in [0.15, 0.2) is 0 Å². The fraction of sp³-hybridized carbons (Fsp3) is 0.714. The molecule has 0 aliphatic carbocycles. The molecule has 2 saturated heterocycles. The minimum absolute atomic E-state index is 0.166. The van der Waals surface area contributed by atoms with Crippen molar-refractivity contribution in [1.29, 1.82) is 0 Å². The van der Waals surface area contributed by atoms with Crippen LogP contribution in [0.3, 0.4) is 0 Å². The monoisotopic (exact) mass is 265 g/mol. The average Bonchev–Trinajstić information content (AvgIpc) is 2.42. The summed E-state index contributed by atoms with van der Waals surface area (Å²) in [7, 11) is -4.64. The van der Waals surface area contributed by atoms with Crippen LogP contribution in [0.4, 0.5) is 4.79 Å². The van der Waals surface area contributed by atoms with E-state index >= 15 is 0 Å². The van der Waals surface area contributed by atoms with Crippen molar-refractivity contribution in [1.82, 2.24) is 14.7 Å². The number of fused-ring (bicyclic) bond motifs is 2. The van der Waals surface area contributed by atoms with E-state index < -0.39 is 28.3 Å². The van der Waals surface area contributed by atoms with Crippen molar-refractivity contribution in [2.45, 2.75) is 24.9 Å². The van der Waals surface area contributed by atoms with E-state index in [2.05, 4.69) is 0 Å². The summed E-state index contributed by atoms with van der Waals surface area (Å²) in [6, 6.07) is -2.09. The molecule has 2 atom stereocenters. The summed E-state index contributed by atoms with van der Waals surface area (Å²) in [5, 5.41) is 9.89. The van der Waals surface area contributed by atoms with Crippen molar-refractivity contribution in [3.63, 3.8) is 0 Å². The smallest absolute Gasteiger partial charge is 0.309 e. The van der Waals surface area contributed by atoms with Crippen molar-refractivity contribution in [3.8, 4) is 0 Å². The first-order valence-corrected chi connectivity index (χ1v) is 6.31. The fourth-order valence-corrected chi connectivity index (χ4v) is 2.51. The molecule has 3 amide bonds. The first kappa shape index (κ1) is 12.1. The number of carbonyl (C=O) groups excluding carboxylic acids is 2. The van der Waals surface area contributed by atoms with Crippen LogP contribution in [0.2, 0.25) is 0 Å². The van der Waals surface area contributed by atoms with E-state index in [9.17, 15) is 23.2 Å². The van der Waals surface area contributed by atoms with Crippen LogP contribution >= 0.6 is 0 Å². The lowest BCUT2D eigenvalue weighted by Crippen LogP contribution is -2.50. The summed E-state index contributed by atoms with van der Waals surface area (Å²) in [4.78, 5) is 24.1.